The van der Waals surface area contributed by atoms with Crippen LogP contribution in [0.1, 0.15) is 40.3 Å². The predicted molar refractivity (Wildman–Crippen MR) is 107 cm³/mol. The summed E-state index contributed by atoms with van der Waals surface area (Å²) in [4.78, 5) is 28.7. The van der Waals surface area contributed by atoms with Crippen molar-refractivity contribution in [3.8, 4) is 5.75 Å². The Morgan fingerprint density at radius 3 is 2.79 bits per heavy atom. The molecule has 3 rings (SSSR count). The van der Waals surface area contributed by atoms with Crippen molar-refractivity contribution in [3.05, 3.63) is 64.3 Å². The molecular formula is C20H20FN3O4S. The Bertz CT molecular complexity index is 1030. The normalized spacial score (nSPS) is 11.7. The molecule has 0 aliphatic carbocycles. The van der Waals surface area contributed by atoms with Crippen LogP contribution in [0.3, 0.4) is 0 Å². The molecular weight excluding hydrogens is 397 g/mol. The Morgan fingerprint density at radius 2 is 2.14 bits per heavy atom. The van der Waals surface area contributed by atoms with Gasteiger partial charge in [-0.05, 0) is 37.6 Å². The third-order valence-corrected chi connectivity index (χ3v) is 5.08. The van der Waals surface area contributed by atoms with E-state index in [-0.39, 0.29) is 30.0 Å². The second-order valence-electron chi connectivity index (χ2n) is 6.35. The Morgan fingerprint density at radius 1 is 1.34 bits per heavy atom. The van der Waals surface area contributed by atoms with Gasteiger partial charge in [0.15, 0.2) is 16.7 Å². The van der Waals surface area contributed by atoms with Gasteiger partial charge in [-0.25, -0.2) is 9.37 Å². The Balaban J connectivity index is 1.56. The van der Waals surface area contributed by atoms with Crippen LogP contribution in [0.25, 0.3) is 0 Å². The third-order valence-electron chi connectivity index (χ3n) is 4.27. The van der Waals surface area contributed by atoms with Crippen LogP contribution in [0.5, 0.6) is 5.75 Å². The van der Waals surface area contributed by atoms with Crippen LogP contribution in [0, 0.1) is 12.7 Å². The molecule has 0 bridgehead atoms. The highest BCUT2D eigenvalue weighted by Gasteiger charge is 2.16. The van der Waals surface area contributed by atoms with E-state index in [0.717, 1.165) is 0 Å². The number of nitrogens with one attached hydrogen (secondary N) is 2. The van der Waals surface area contributed by atoms with E-state index >= 15 is 0 Å². The molecule has 152 valence electrons. The Hall–Kier alpha value is -3.20. The molecule has 29 heavy (non-hydrogen) atoms. The topological polar surface area (TPSA) is 93.5 Å². The summed E-state index contributed by atoms with van der Waals surface area (Å²) in [7, 11) is 1.39. The van der Waals surface area contributed by atoms with Gasteiger partial charge in [0.05, 0.1) is 37.1 Å². The van der Waals surface area contributed by atoms with Gasteiger partial charge in [0.1, 0.15) is 5.76 Å². The van der Waals surface area contributed by atoms with Gasteiger partial charge < -0.3 is 14.5 Å². The number of hydrogen-bond acceptors (Lipinski definition) is 6. The minimum Gasteiger partial charge on any atom is -0.494 e. The van der Waals surface area contributed by atoms with Crippen molar-refractivity contribution in [2.24, 2.45) is 0 Å². The largest absolute Gasteiger partial charge is 0.494 e. The van der Waals surface area contributed by atoms with Crippen LogP contribution >= 0.6 is 11.3 Å². The number of benzene rings is 1. The molecule has 2 amide bonds. The molecule has 9 heteroatoms. The predicted octanol–water partition coefficient (Wildman–Crippen LogP) is 3.86. The van der Waals surface area contributed by atoms with Crippen LogP contribution < -0.4 is 15.4 Å². The van der Waals surface area contributed by atoms with Crippen LogP contribution in [0.4, 0.5) is 9.52 Å². The number of nitrogens with zero attached hydrogens (tertiary/aromatic N) is 1. The van der Waals surface area contributed by atoms with Crippen molar-refractivity contribution >= 4 is 28.3 Å². The highest BCUT2D eigenvalue weighted by atomic mass is 32.1. The second-order valence-corrected chi connectivity index (χ2v) is 7.21. The quantitative estimate of drug-likeness (QED) is 0.609. The maximum absolute atomic E-state index is 13.8. The number of methoxy groups -OCH3 is 1. The monoisotopic (exact) mass is 417 g/mol. The summed E-state index contributed by atoms with van der Waals surface area (Å²) < 4.78 is 23.9. The van der Waals surface area contributed by atoms with Crippen molar-refractivity contribution < 1.29 is 23.1 Å². The molecule has 3 aromatic rings. The molecule has 0 fully saturated rings. The number of aromatic nitrogens is 1. The first-order valence-electron chi connectivity index (χ1n) is 8.80. The summed E-state index contributed by atoms with van der Waals surface area (Å²) in [6.07, 6.45) is 1.48. The average Bonchev–Trinajstić information content (AvgIpc) is 3.30. The number of hydrogen-bond donors (Lipinski definition) is 2. The first-order valence-corrected chi connectivity index (χ1v) is 9.68. The van der Waals surface area contributed by atoms with E-state index in [1.54, 1.807) is 31.4 Å². The Labute approximate surface area is 170 Å². The van der Waals surface area contributed by atoms with Crippen molar-refractivity contribution in [3.63, 3.8) is 0 Å². The van der Waals surface area contributed by atoms with Crippen LogP contribution in [-0.2, 0) is 11.2 Å². The fourth-order valence-electron chi connectivity index (χ4n) is 2.72. The fourth-order valence-corrected chi connectivity index (χ4v) is 3.43. The molecule has 0 aliphatic rings. The lowest BCUT2D eigenvalue weighted by Crippen LogP contribution is -2.28. The molecule has 0 spiro atoms. The lowest BCUT2D eigenvalue weighted by atomic mass is 10.1. The smallest absolute Gasteiger partial charge is 0.260 e. The van der Waals surface area contributed by atoms with Crippen LogP contribution in [-0.4, -0.2) is 23.9 Å². The van der Waals surface area contributed by atoms with Crippen LogP contribution in [0.2, 0.25) is 0 Å². The maximum Gasteiger partial charge on any atom is 0.260 e. The van der Waals surface area contributed by atoms with Gasteiger partial charge in [-0.1, -0.05) is 6.07 Å². The van der Waals surface area contributed by atoms with Crippen molar-refractivity contribution in [1.29, 1.82) is 0 Å². The van der Waals surface area contributed by atoms with E-state index in [0.29, 0.717) is 27.7 Å². The van der Waals surface area contributed by atoms with Gasteiger partial charge >= 0.3 is 0 Å². The minimum atomic E-state index is -0.487. The standard InChI is InChI=1S/C20H20FN3O4S/c1-11(13-4-5-17(27-3)16(21)8-13)22-18(25)9-14-10-29-20(23-14)24-19(26)15-6-7-28-12(15)2/h4-8,10-11H,9H2,1-3H3,(H,22,25)(H,23,24,26)/t11-/m0/s1. The SMILES string of the molecule is COc1ccc([C@H](C)NC(=O)Cc2csc(NC(=O)c3ccoc3C)n2)cc1F. The number of amides is 2. The van der Waals surface area contributed by atoms with Crippen molar-refractivity contribution in [1.82, 2.24) is 10.3 Å². The van der Waals surface area contributed by atoms with Gasteiger partial charge in [-0.2, -0.15) is 0 Å². The van der Waals surface area contributed by atoms with E-state index < -0.39 is 5.82 Å². The average molecular weight is 417 g/mol. The highest BCUT2D eigenvalue weighted by molar-refractivity contribution is 7.14. The summed E-state index contributed by atoms with van der Waals surface area (Å²) in [6.45, 7) is 3.46. The molecule has 0 aliphatic heterocycles. The zero-order chi connectivity index (χ0) is 21.0. The zero-order valence-corrected chi connectivity index (χ0v) is 16.9. The Kier molecular flexibility index (Phi) is 6.28. The van der Waals surface area contributed by atoms with Gasteiger partial charge in [0.2, 0.25) is 5.91 Å². The van der Waals surface area contributed by atoms with E-state index in [9.17, 15) is 14.0 Å². The minimum absolute atomic E-state index is 0.0418. The molecule has 0 saturated heterocycles. The summed E-state index contributed by atoms with van der Waals surface area (Å²) in [5.74, 6) is -0.407. The lowest BCUT2D eigenvalue weighted by molar-refractivity contribution is -0.121. The molecule has 1 aromatic carbocycles. The molecule has 0 unspecified atom stereocenters. The number of anilines is 1. The van der Waals surface area contributed by atoms with Gasteiger partial charge in [0.25, 0.3) is 5.91 Å². The molecule has 2 aromatic heterocycles. The number of ether oxygens (including phenoxy) is 1. The number of carbonyl (C=O) groups is 2. The van der Waals surface area contributed by atoms with Crippen molar-refractivity contribution in [2.45, 2.75) is 26.3 Å². The third kappa shape index (κ3) is 5.00. The molecule has 0 saturated carbocycles. The molecule has 1 atom stereocenters. The summed E-state index contributed by atoms with van der Waals surface area (Å²) in [5, 5.41) is 7.59. The number of rotatable bonds is 7. The maximum atomic E-state index is 13.8. The van der Waals surface area contributed by atoms with Gasteiger partial charge in [-0.3, -0.25) is 14.9 Å². The summed E-state index contributed by atoms with van der Waals surface area (Å²) in [5.41, 5.74) is 1.58. The van der Waals surface area contributed by atoms with Gasteiger partial charge in [0, 0.05) is 5.38 Å². The molecule has 2 heterocycles. The molecule has 7 nitrogen and oxygen atoms in total. The number of halogens is 1. The number of furan rings is 1. The van der Waals surface area contributed by atoms with Crippen LogP contribution in [0.15, 0.2) is 40.3 Å². The molecule has 0 radical (unpaired) electrons. The van der Waals surface area contributed by atoms with E-state index in [4.69, 9.17) is 9.15 Å². The van der Waals surface area contributed by atoms with E-state index in [1.807, 2.05) is 0 Å². The van der Waals surface area contributed by atoms with E-state index in [1.165, 1.54) is 36.8 Å². The first kappa shape index (κ1) is 20.5. The van der Waals surface area contributed by atoms with E-state index in [2.05, 4.69) is 15.6 Å². The summed E-state index contributed by atoms with van der Waals surface area (Å²) >= 11 is 1.23. The van der Waals surface area contributed by atoms with Crippen molar-refractivity contribution in [2.75, 3.05) is 12.4 Å². The number of carbonyl (C=O) groups excluding carboxylic acids is 2. The second kappa shape index (κ2) is 8.87. The number of aryl methyl sites for hydroxylation is 1. The fraction of sp³-hybridized carbons (Fsp3) is 0.250. The summed E-state index contributed by atoms with van der Waals surface area (Å²) in [6, 6.07) is 5.74. The first-order chi connectivity index (χ1) is 13.9. The lowest BCUT2D eigenvalue weighted by Gasteiger charge is -2.15. The number of thiazole rings is 1. The van der Waals surface area contributed by atoms with Gasteiger partial charge in [-0.15, -0.1) is 11.3 Å². The highest BCUT2D eigenvalue weighted by Crippen LogP contribution is 2.22. The zero-order valence-electron chi connectivity index (χ0n) is 16.1. The molecule has 2 N–H and O–H groups in total.